The maximum Gasteiger partial charge on any atom is 0.272 e. The number of para-hydroxylation sites is 1. The molecule has 1 aliphatic heterocycles. The number of amides is 1. The number of benzene rings is 1. The van der Waals surface area contributed by atoms with Crippen molar-refractivity contribution in [3.05, 3.63) is 47.3 Å². The van der Waals surface area contributed by atoms with Gasteiger partial charge in [-0.2, -0.15) is 5.10 Å². The summed E-state index contributed by atoms with van der Waals surface area (Å²) in [6, 6.07) is 8.21. The van der Waals surface area contributed by atoms with Gasteiger partial charge in [0.05, 0.1) is 11.9 Å². The second kappa shape index (κ2) is 5.99. The molecule has 0 bridgehead atoms. The number of carbonyl (C=O) groups is 1. The maximum atomic E-state index is 13.2. The van der Waals surface area contributed by atoms with E-state index in [2.05, 4.69) is 31.1 Å². The first-order chi connectivity index (χ1) is 12.0. The fourth-order valence-electron chi connectivity index (χ4n) is 4.46. The molecule has 2 N–H and O–H groups in total. The fraction of sp³-hybridized carbons (Fsp3) is 0.500. The SMILES string of the molecule is Cc1cccc(C)c1-n1nccc1C(=O)N1CCC(N)C2(CCC2)C1. The molecule has 1 amide bonds. The zero-order valence-electron chi connectivity index (χ0n) is 15.0. The molecule has 25 heavy (non-hydrogen) atoms. The van der Waals surface area contributed by atoms with Gasteiger partial charge in [0.2, 0.25) is 0 Å². The van der Waals surface area contributed by atoms with Gasteiger partial charge in [0.1, 0.15) is 5.69 Å². The van der Waals surface area contributed by atoms with Crippen LogP contribution in [0.5, 0.6) is 0 Å². The van der Waals surface area contributed by atoms with Gasteiger partial charge in [0.25, 0.3) is 5.91 Å². The Kier molecular flexibility index (Phi) is 3.91. The van der Waals surface area contributed by atoms with Crippen LogP contribution < -0.4 is 5.73 Å². The molecule has 2 fully saturated rings. The zero-order valence-corrected chi connectivity index (χ0v) is 15.0. The number of hydrogen-bond acceptors (Lipinski definition) is 3. The van der Waals surface area contributed by atoms with Gasteiger partial charge in [-0.15, -0.1) is 0 Å². The summed E-state index contributed by atoms with van der Waals surface area (Å²) in [5.74, 6) is 0.0679. The van der Waals surface area contributed by atoms with Gasteiger partial charge in [0.15, 0.2) is 0 Å². The van der Waals surface area contributed by atoms with Crippen LogP contribution in [0.4, 0.5) is 0 Å². The van der Waals surface area contributed by atoms with Crippen LogP contribution in [-0.4, -0.2) is 39.7 Å². The van der Waals surface area contributed by atoms with E-state index in [9.17, 15) is 4.79 Å². The van der Waals surface area contributed by atoms with Crippen LogP contribution in [0.15, 0.2) is 30.5 Å². The highest BCUT2D eigenvalue weighted by molar-refractivity contribution is 5.93. The first kappa shape index (κ1) is 16.3. The standard InChI is InChI=1S/C20H26N4O/c1-14-5-3-6-15(2)18(14)24-16(7-11-22-24)19(25)23-12-8-17(21)20(13-23)9-4-10-20/h3,5-7,11,17H,4,8-10,12-13,21H2,1-2H3. The quantitative estimate of drug-likeness (QED) is 0.916. The molecule has 2 aromatic rings. The largest absolute Gasteiger partial charge is 0.337 e. The minimum atomic E-state index is 0.0679. The Morgan fingerprint density at radius 2 is 1.96 bits per heavy atom. The van der Waals surface area contributed by atoms with E-state index in [-0.39, 0.29) is 17.4 Å². The highest BCUT2D eigenvalue weighted by atomic mass is 16.2. The van der Waals surface area contributed by atoms with Gasteiger partial charge in [-0.25, -0.2) is 4.68 Å². The van der Waals surface area contributed by atoms with Gasteiger partial charge in [-0.05, 0) is 50.3 Å². The molecule has 5 nitrogen and oxygen atoms in total. The Morgan fingerprint density at radius 1 is 1.24 bits per heavy atom. The van der Waals surface area contributed by atoms with Crippen LogP contribution in [0.2, 0.25) is 0 Å². The third-order valence-electron chi connectivity index (χ3n) is 6.15. The van der Waals surface area contributed by atoms with Gasteiger partial charge in [-0.3, -0.25) is 4.79 Å². The lowest BCUT2D eigenvalue weighted by molar-refractivity contribution is 0.00340. The molecule has 0 radical (unpaired) electrons. The minimum Gasteiger partial charge on any atom is -0.337 e. The number of hydrogen-bond donors (Lipinski definition) is 1. The Hall–Kier alpha value is -2.14. The molecule has 1 saturated heterocycles. The molecule has 1 saturated carbocycles. The molecular weight excluding hydrogens is 312 g/mol. The molecule has 5 heteroatoms. The van der Waals surface area contributed by atoms with E-state index in [1.165, 1.54) is 6.42 Å². The molecule has 2 aliphatic rings. The first-order valence-corrected chi connectivity index (χ1v) is 9.17. The van der Waals surface area contributed by atoms with E-state index in [4.69, 9.17) is 5.73 Å². The van der Waals surface area contributed by atoms with Crippen LogP contribution in [-0.2, 0) is 0 Å². The number of likely N-dealkylation sites (tertiary alicyclic amines) is 1. The van der Waals surface area contributed by atoms with Gasteiger partial charge >= 0.3 is 0 Å². The van der Waals surface area contributed by atoms with Gasteiger partial charge in [-0.1, -0.05) is 24.6 Å². The average molecular weight is 338 g/mol. The lowest BCUT2D eigenvalue weighted by Gasteiger charge is -2.52. The molecular formula is C20H26N4O. The first-order valence-electron chi connectivity index (χ1n) is 9.17. The van der Waals surface area contributed by atoms with Crippen molar-refractivity contribution in [1.82, 2.24) is 14.7 Å². The number of aromatic nitrogens is 2. The lowest BCUT2D eigenvalue weighted by atomic mass is 9.61. The van der Waals surface area contributed by atoms with Gasteiger partial charge < -0.3 is 10.6 Å². The summed E-state index contributed by atoms with van der Waals surface area (Å²) < 4.78 is 1.80. The van der Waals surface area contributed by atoms with Crippen molar-refractivity contribution in [1.29, 1.82) is 0 Å². The van der Waals surface area contributed by atoms with Crippen molar-refractivity contribution >= 4 is 5.91 Å². The van der Waals surface area contributed by atoms with Crippen molar-refractivity contribution in [2.75, 3.05) is 13.1 Å². The number of rotatable bonds is 2. The average Bonchev–Trinajstić information content (AvgIpc) is 3.02. The summed E-state index contributed by atoms with van der Waals surface area (Å²) >= 11 is 0. The zero-order chi connectivity index (χ0) is 17.6. The van der Waals surface area contributed by atoms with E-state index in [0.29, 0.717) is 5.69 Å². The summed E-state index contributed by atoms with van der Waals surface area (Å²) in [4.78, 5) is 15.2. The Labute approximate surface area is 148 Å². The highest BCUT2D eigenvalue weighted by Crippen LogP contribution is 2.47. The summed E-state index contributed by atoms with van der Waals surface area (Å²) in [6.45, 7) is 5.63. The summed E-state index contributed by atoms with van der Waals surface area (Å²) in [5.41, 5.74) is 10.4. The molecule has 1 aliphatic carbocycles. The second-order valence-corrected chi connectivity index (χ2v) is 7.71. The molecule has 132 valence electrons. The smallest absolute Gasteiger partial charge is 0.272 e. The molecule has 1 spiro atoms. The van der Waals surface area contributed by atoms with Crippen LogP contribution in [0.1, 0.15) is 47.3 Å². The third-order valence-corrected chi connectivity index (χ3v) is 6.15. The van der Waals surface area contributed by atoms with Crippen LogP contribution >= 0.6 is 0 Å². The van der Waals surface area contributed by atoms with E-state index in [1.807, 2.05) is 17.0 Å². The maximum absolute atomic E-state index is 13.2. The predicted octanol–water partition coefficient (Wildman–Crippen LogP) is 2.83. The van der Waals surface area contributed by atoms with Gasteiger partial charge in [0, 0.05) is 24.5 Å². The van der Waals surface area contributed by atoms with E-state index < -0.39 is 0 Å². The molecule has 2 heterocycles. The molecule has 1 aromatic carbocycles. The summed E-state index contributed by atoms with van der Waals surface area (Å²) in [6.07, 6.45) is 6.13. The number of nitrogens with zero attached hydrogens (tertiary/aromatic N) is 3. The molecule has 1 aromatic heterocycles. The molecule has 4 rings (SSSR count). The number of nitrogens with two attached hydrogens (primary N) is 1. The number of piperidine rings is 1. The Balaban J connectivity index is 1.65. The molecule has 1 unspecified atom stereocenters. The van der Waals surface area contributed by atoms with Crippen molar-refractivity contribution in [2.45, 2.75) is 45.6 Å². The second-order valence-electron chi connectivity index (χ2n) is 7.71. The predicted molar refractivity (Wildman–Crippen MR) is 97.8 cm³/mol. The monoisotopic (exact) mass is 338 g/mol. The van der Waals surface area contributed by atoms with Crippen molar-refractivity contribution in [3.63, 3.8) is 0 Å². The third kappa shape index (κ3) is 2.58. The van der Waals surface area contributed by atoms with E-state index in [0.717, 1.165) is 49.2 Å². The molecule has 1 atom stereocenters. The Morgan fingerprint density at radius 3 is 2.60 bits per heavy atom. The summed E-state index contributed by atoms with van der Waals surface area (Å²) in [5, 5.41) is 4.45. The van der Waals surface area contributed by atoms with Crippen LogP contribution in [0.25, 0.3) is 5.69 Å². The van der Waals surface area contributed by atoms with Crippen LogP contribution in [0, 0.1) is 19.3 Å². The number of carbonyl (C=O) groups excluding carboxylic acids is 1. The fourth-order valence-corrected chi connectivity index (χ4v) is 4.46. The van der Waals surface area contributed by atoms with Crippen molar-refractivity contribution in [2.24, 2.45) is 11.1 Å². The van der Waals surface area contributed by atoms with Crippen molar-refractivity contribution in [3.8, 4) is 5.69 Å². The number of aryl methyl sites for hydroxylation is 2. The topological polar surface area (TPSA) is 64.2 Å². The highest BCUT2D eigenvalue weighted by Gasteiger charge is 2.47. The summed E-state index contributed by atoms with van der Waals surface area (Å²) in [7, 11) is 0. The van der Waals surface area contributed by atoms with E-state index >= 15 is 0 Å². The van der Waals surface area contributed by atoms with E-state index in [1.54, 1.807) is 10.9 Å². The normalized spacial score (nSPS) is 22.0. The lowest BCUT2D eigenvalue weighted by Crippen LogP contribution is -2.59. The van der Waals surface area contributed by atoms with Crippen molar-refractivity contribution < 1.29 is 4.79 Å². The van der Waals surface area contributed by atoms with Crippen LogP contribution in [0.3, 0.4) is 0 Å². The minimum absolute atomic E-state index is 0.0679. The Bertz CT molecular complexity index is 786.